The first-order valence-corrected chi connectivity index (χ1v) is 6.00. The summed E-state index contributed by atoms with van der Waals surface area (Å²) >= 11 is 3.35. The van der Waals surface area contributed by atoms with Crippen LogP contribution in [0.3, 0.4) is 0 Å². The van der Waals surface area contributed by atoms with Crippen LogP contribution < -0.4 is 5.32 Å². The fraction of sp³-hybridized carbons (Fsp3) is 0.417. The van der Waals surface area contributed by atoms with E-state index >= 15 is 0 Å². The van der Waals surface area contributed by atoms with Crippen molar-refractivity contribution in [3.05, 3.63) is 34.3 Å². The average molecular weight is 268 g/mol. The van der Waals surface area contributed by atoms with Crippen LogP contribution in [0.1, 0.15) is 23.7 Å². The monoisotopic (exact) mass is 267 g/mol. The van der Waals surface area contributed by atoms with E-state index in [1.165, 1.54) is 6.42 Å². The summed E-state index contributed by atoms with van der Waals surface area (Å²) in [4.78, 5) is 11.7. The molecule has 2 atom stereocenters. The molecule has 0 bridgehead atoms. The molecule has 80 valence electrons. The molecule has 1 aliphatic carbocycles. The van der Waals surface area contributed by atoms with Gasteiger partial charge in [0.1, 0.15) is 0 Å². The number of carbonyl (C=O) groups is 1. The quantitative estimate of drug-likeness (QED) is 0.897. The van der Waals surface area contributed by atoms with E-state index in [2.05, 4.69) is 28.2 Å². The fourth-order valence-corrected chi connectivity index (χ4v) is 2.04. The number of amides is 1. The van der Waals surface area contributed by atoms with Crippen molar-refractivity contribution >= 4 is 21.8 Å². The molecule has 15 heavy (non-hydrogen) atoms. The van der Waals surface area contributed by atoms with Crippen molar-refractivity contribution in [2.75, 3.05) is 6.54 Å². The van der Waals surface area contributed by atoms with Crippen molar-refractivity contribution in [3.8, 4) is 0 Å². The van der Waals surface area contributed by atoms with E-state index < -0.39 is 0 Å². The Hall–Kier alpha value is -0.830. The summed E-state index contributed by atoms with van der Waals surface area (Å²) < 4.78 is 0.940. The van der Waals surface area contributed by atoms with E-state index in [0.717, 1.165) is 22.5 Å². The Morgan fingerprint density at radius 3 is 2.93 bits per heavy atom. The van der Waals surface area contributed by atoms with Crippen LogP contribution in [-0.4, -0.2) is 12.5 Å². The average Bonchev–Trinajstić information content (AvgIpc) is 2.91. The van der Waals surface area contributed by atoms with Gasteiger partial charge in [0.2, 0.25) is 0 Å². The van der Waals surface area contributed by atoms with Gasteiger partial charge in [-0.2, -0.15) is 0 Å². The van der Waals surface area contributed by atoms with Crippen LogP contribution in [0, 0.1) is 11.8 Å². The number of rotatable bonds is 3. The summed E-state index contributed by atoms with van der Waals surface area (Å²) in [5, 5.41) is 2.96. The molecule has 1 amide bonds. The lowest BCUT2D eigenvalue weighted by atomic mass is 10.2. The smallest absolute Gasteiger partial charge is 0.251 e. The maximum atomic E-state index is 11.7. The lowest BCUT2D eigenvalue weighted by Crippen LogP contribution is -2.25. The third-order valence-corrected chi connectivity index (χ3v) is 3.38. The van der Waals surface area contributed by atoms with Crippen LogP contribution in [-0.2, 0) is 0 Å². The largest absolute Gasteiger partial charge is 0.352 e. The van der Waals surface area contributed by atoms with Gasteiger partial charge in [-0.25, -0.2) is 0 Å². The van der Waals surface area contributed by atoms with Crippen LogP contribution in [0.5, 0.6) is 0 Å². The van der Waals surface area contributed by atoms with Crippen molar-refractivity contribution in [2.24, 2.45) is 11.8 Å². The first kappa shape index (κ1) is 10.7. The minimum Gasteiger partial charge on any atom is -0.352 e. The van der Waals surface area contributed by atoms with E-state index in [1.807, 2.05) is 24.3 Å². The zero-order valence-electron chi connectivity index (χ0n) is 8.66. The molecule has 0 radical (unpaired) electrons. The highest BCUT2D eigenvalue weighted by atomic mass is 79.9. The Morgan fingerprint density at radius 1 is 1.60 bits per heavy atom. The van der Waals surface area contributed by atoms with Gasteiger partial charge in [0.15, 0.2) is 0 Å². The molecule has 1 saturated carbocycles. The molecule has 3 heteroatoms. The van der Waals surface area contributed by atoms with Gasteiger partial charge in [-0.15, -0.1) is 0 Å². The van der Waals surface area contributed by atoms with E-state index in [4.69, 9.17) is 0 Å². The van der Waals surface area contributed by atoms with Crippen molar-refractivity contribution in [1.82, 2.24) is 5.32 Å². The second-order valence-corrected chi connectivity index (χ2v) is 5.11. The number of hydrogen-bond acceptors (Lipinski definition) is 1. The van der Waals surface area contributed by atoms with Crippen LogP contribution in [0.2, 0.25) is 0 Å². The van der Waals surface area contributed by atoms with E-state index in [1.54, 1.807) is 0 Å². The standard InChI is InChI=1S/C12H14BrNO/c1-8-5-10(8)7-14-12(15)9-3-2-4-11(13)6-9/h2-4,6,8,10H,5,7H2,1H3,(H,14,15). The second-order valence-electron chi connectivity index (χ2n) is 4.19. The topological polar surface area (TPSA) is 29.1 Å². The first-order chi connectivity index (χ1) is 7.16. The van der Waals surface area contributed by atoms with Crippen molar-refractivity contribution in [1.29, 1.82) is 0 Å². The van der Waals surface area contributed by atoms with Gasteiger partial charge in [-0.1, -0.05) is 28.9 Å². The molecule has 0 saturated heterocycles. The minimum atomic E-state index is 0.0235. The number of nitrogens with one attached hydrogen (secondary N) is 1. The van der Waals surface area contributed by atoms with Crippen LogP contribution >= 0.6 is 15.9 Å². The molecule has 2 rings (SSSR count). The summed E-state index contributed by atoms with van der Waals surface area (Å²) in [7, 11) is 0. The predicted molar refractivity (Wildman–Crippen MR) is 63.7 cm³/mol. The second kappa shape index (κ2) is 4.35. The highest BCUT2D eigenvalue weighted by Gasteiger charge is 2.32. The van der Waals surface area contributed by atoms with Gasteiger partial charge in [-0.3, -0.25) is 4.79 Å². The molecule has 2 nitrogen and oxygen atoms in total. The van der Waals surface area contributed by atoms with Gasteiger partial charge in [0, 0.05) is 16.6 Å². The van der Waals surface area contributed by atoms with Gasteiger partial charge in [0.25, 0.3) is 5.91 Å². The Morgan fingerprint density at radius 2 is 2.33 bits per heavy atom. The summed E-state index contributed by atoms with van der Waals surface area (Å²) in [6, 6.07) is 7.46. The highest BCUT2D eigenvalue weighted by Crippen LogP contribution is 2.36. The lowest BCUT2D eigenvalue weighted by Gasteiger charge is -2.04. The molecule has 1 aliphatic rings. The van der Waals surface area contributed by atoms with Crippen molar-refractivity contribution in [3.63, 3.8) is 0 Å². The maximum Gasteiger partial charge on any atom is 0.251 e. The zero-order valence-corrected chi connectivity index (χ0v) is 10.3. The maximum absolute atomic E-state index is 11.7. The molecule has 1 N–H and O–H groups in total. The minimum absolute atomic E-state index is 0.0235. The third-order valence-electron chi connectivity index (χ3n) is 2.89. The predicted octanol–water partition coefficient (Wildman–Crippen LogP) is 2.83. The van der Waals surface area contributed by atoms with Crippen LogP contribution in [0.25, 0.3) is 0 Å². The van der Waals surface area contributed by atoms with E-state index in [-0.39, 0.29) is 5.91 Å². The summed E-state index contributed by atoms with van der Waals surface area (Å²) in [5.74, 6) is 1.50. The molecule has 2 unspecified atom stereocenters. The fourth-order valence-electron chi connectivity index (χ4n) is 1.64. The highest BCUT2D eigenvalue weighted by molar-refractivity contribution is 9.10. The van der Waals surface area contributed by atoms with Gasteiger partial charge in [0.05, 0.1) is 0 Å². The molecule has 0 spiro atoms. The number of hydrogen-bond donors (Lipinski definition) is 1. The van der Waals surface area contributed by atoms with Gasteiger partial charge in [-0.05, 0) is 36.5 Å². The SMILES string of the molecule is CC1CC1CNC(=O)c1cccc(Br)c1. The number of benzene rings is 1. The molecular weight excluding hydrogens is 254 g/mol. The molecule has 1 aromatic carbocycles. The summed E-state index contributed by atoms with van der Waals surface area (Å²) in [6.07, 6.45) is 1.25. The van der Waals surface area contributed by atoms with E-state index in [0.29, 0.717) is 5.92 Å². The normalized spacial score (nSPS) is 23.6. The van der Waals surface area contributed by atoms with Gasteiger partial charge >= 0.3 is 0 Å². The Bertz CT molecular complexity index is 378. The first-order valence-electron chi connectivity index (χ1n) is 5.20. The molecule has 0 aliphatic heterocycles. The Balaban J connectivity index is 1.90. The lowest BCUT2D eigenvalue weighted by molar-refractivity contribution is 0.0951. The molecule has 1 aromatic rings. The molecule has 0 aromatic heterocycles. The Kier molecular flexibility index (Phi) is 3.10. The Labute approximate surface area is 98.2 Å². The summed E-state index contributed by atoms with van der Waals surface area (Å²) in [6.45, 7) is 3.03. The third kappa shape index (κ3) is 2.81. The molecule has 1 fully saturated rings. The van der Waals surface area contributed by atoms with Crippen LogP contribution in [0.4, 0.5) is 0 Å². The van der Waals surface area contributed by atoms with Crippen LogP contribution in [0.15, 0.2) is 28.7 Å². The number of halogens is 1. The van der Waals surface area contributed by atoms with Crippen molar-refractivity contribution < 1.29 is 4.79 Å². The van der Waals surface area contributed by atoms with Crippen molar-refractivity contribution in [2.45, 2.75) is 13.3 Å². The molecular formula is C12H14BrNO. The zero-order chi connectivity index (χ0) is 10.8. The van der Waals surface area contributed by atoms with E-state index in [9.17, 15) is 4.79 Å². The van der Waals surface area contributed by atoms with Gasteiger partial charge < -0.3 is 5.32 Å². The summed E-state index contributed by atoms with van der Waals surface area (Å²) in [5.41, 5.74) is 0.720. The number of carbonyl (C=O) groups excluding carboxylic acids is 1. The molecule has 0 heterocycles.